The molecule has 384 valence electrons. The van der Waals surface area contributed by atoms with Crippen molar-refractivity contribution in [3.8, 4) is 28.4 Å². The molecule has 0 fully saturated rings. The van der Waals surface area contributed by atoms with Gasteiger partial charge in [0, 0.05) is 58.2 Å². The fourth-order valence-corrected chi connectivity index (χ4v) is 11.1. The Morgan fingerprint density at radius 1 is 0.513 bits per heavy atom. The summed E-state index contributed by atoms with van der Waals surface area (Å²) in [5.41, 5.74) is 7.15. The van der Waals surface area contributed by atoms with Crippen molar-refractivity contribution in [1.82, 2.24) is 14.1 Å². The van der Waals surface area contributed by atoms with Gasteiger partial charge in [-0.05, 0) is 135 Å². The molecule has 76 heavy (non-hydrogen) atoms. The molecule has 4 heterocycles. The number of anilines is 2. The van der Waals surface area contributed by atoms with Gasteiger partial charge < -0.3 is 18.8 Å². The van der Waals surface area contributed by atoms with Crippen LogP contribution in [-0.2, 0) is 42.7 Å². The summed E-state index contributed by atoms with van der Waals surface area (Å²) in [6, 6.07) is 63.5. The fraction of sp³-hybridized carbons (Fsp3) is 0.229. The van der Waals surface area contributed by atoms with Crippen LogP contribution in [0.3, 0.4) is 0 Å². The zero-order valence-corrected chi connectivity index (χ0v) is 47.0. The molecule has 0 atom stereocenters. The first-order valence-electron chi connectivity index (χ1n) is 28.9. The predicted molar refractivity (Wildman–Crippen MR) is 317 cm³/mol. The Morgan fingerprint density at radius 2 is 1.13 bits per heavy atom. The minimum atomic E-state index is -2.86. The molecular formula is C70H65N4OPt-3. The third-order valence-electron chi connectivity index (χ3n) is 15.0. The first-order valence-corrected chi connectivity index (χ1v) is 25.9. The van der Waals surface area contributed by atoms with E-state index in [0.717, 1.165) is 99.0 Å². The predicted octanol–water partition coefficient (Wildman–Crippen LogP) is 19.1. The third-order valence-corrected chi connectivity index (χ3v) is 15.0. The normalized spacial score (nSPS) is 14.5. The van der Waals surface area contributed by atoms with Crippen molar-refractivity contribution in [2.75, 3.05) is 4.90 Å². The minimum Gasteiger partial charge on any atom is -0.509 e. The molecule has 6 heteroatoms. The van der Waals surface area contributed by atoms with Crippen LogP contribution in [0, 0.1) is 18.8 Å². The summed E-state index contributed by atoms with van der Waals surface area (Å²) in [5, 5.41) is 8.37. The molecule has 0 bridgehead atoms. The standard InChI is InChI=1S/C70H65N4O.Pt/c1-67(2,3)45-35-36-71-63(40-45)74-60-30-18-17-26-55(60)56-32-31-50(42-62(56)74)75-49-22-19-21-48(41-49)72-43-73-65-51(44-37-46(68(4,5)6)39-47(38-44)69(7,8)9)28-20-29-58(65)54-25-14-13-23-52(54)53-24-15-16-27-57(53)64-59(70(10,11)12)33-34-61(72)66(64)73;/h13-40,43H,1-12H3;/q-3;/i4D3,5D3;. The van der Waals surface area contributed by atoms with Crippen LogP contribution in [0.4, 0.5) is 11.4 Å². The maximum atomic E-state index is 8.81. The molecule has 0 saturated heterocycles. The second-order valence-corrected chi connectivity index (χ2v) is 23.5. The Bertz CT molecular complexity index is 4420. The molecule has 0 radical (unpaired) electrons. The molecule has 0 unspecified atom stereocenters. The van der Waals surface area contributed by atoms with Crippen LogP contribution in [-0.4, -0.2) is 14.1 Å². The molecule has 0 aliphatic carbocycles. The second kappa shape index (κ2) is 18.5. The number of fused-ring (bicyclic) bond motifs is 10. The summed E-state index contributed by atoms with van der Waals surface area (Å²) in [6.07, 6.45) is 1.88. The van der Waals surface area contributed by atoms with E-state index >= 15 is 0 Å². The zero-order chi connectivity index (χ0) is 57.3. The van der Waals surface area contributed by atoms with Gasteiger partial charge in [0.15, 0.2) is 0 Å². The average molecular weight is 1180 g/mol. The van der Waals surface area contributed by atoms with Crippen molar-refractivity contribution >= 4 is 76.5 Å². The number of aromatic nitrogens is 3. The third kappa shape index (κ3) is 8.71. The smallest absolute Gasteiger partial charge is 0.135 e. The number of para-hydroxylation sites is 2. The van der Waals surface area contributed by atoms with E-state index in [-0.39, 0.29) is 37.5 Å². The largest absolute Gasteiger partial charge is 0.509 e. The monoisotopic (exact) mass is 1180 g/mol. The van der Waals surface area contributed by atoms with Crippen molar-refractivity contribution in [3.05, 3.63) is 211 Å². The van der Waals surface area contributed by atoms with E-state index in [1.807, 2.05) is 36.5 Å². The van der Waals surface area contributed by atoms with E-state index in [1.165, 1.54) is 12.5 Å². The Kier molecular flexibility index (Phi) is 10.6. The number of hydrogen-bond acceptors (Lipinski definition) is 3. The zero-order valence-electron chi connectivity index (χ0n) is 50.8. The SMILES string of the molecule is [2H]C([2H])([2H])C(C)(c1cc(-c2cccc3c4ccccc4c4ccccc4c4c(C(C)(C)C)ccc5c4n(c23)[CH-]N5c2[c-]c(Oc3[c-]c4c(cc3)c3ccccc3n4-c3cc(C(C)(C)C)ccn3)ccc2)cc(C(C)(C)C)c1)C([2H])([2H])[2H].[Pt]. The van der Waals surface area contributed by atoms with Crippen LogP contribution in [0.25, 0.3) is 82.1 Å². The van der Waals surface area contributed by atoms with Crippen LogP contribution in [0.15, 0.2) is 170 Å². The molecule has 8 aromatic carbocycles. The molecule has 11 aromatic rings. The number of ether oxygens (including phenoxy) is 1. The van der Waals surface area contributed by atoms with Gasteiger partial charge in [0.2, 0.25) is 0 Å². The number of pyridine rings is 1. The summed E-state index contributed by atoms with van der Waals surface area (Å²) in [5.74, 6) is 1.83. The van der Waals surface area contributed by atoms with Gasteiger partial charge in [0.25, 0.3) is 0 Å². The van der Waals surface area contributed by atoms with E-state index in [4.69, 9.17) is 17.9 Å². The van der Waals surface area contributed by atoms with Gasteiger partial charge in [-0.2, -0.15) is 12.1 Å². The van der Waals surface area contributed by atoms with E-state index in [2.05, 4.69) is 216 Å². The topological polar surface area (TPSA) is 35.2 Å². The molecule has 0 spiro atoms. The Labute approximate surface area is 471 Å². The van der Waals surface area contributed by atoms with Gasteiger partial charge in [-0.25, -0.2) is 4.98 Å². The van der Waals surface area contributed by atoms with Crippen LogP contribution in [0.5, 0.6) is 11.5 Å². The minimum absolute atomic E-state index is 0. The first-order chi connectivity index (χ1) is 38.2. The summed E-state index contributed by atoms with van der Waals surface area (Å²) >= 11 is 0. The Balaban J connectivity index is 0.00000705. The number of benzene rings is 8. The maximum Gasteiger partial charge on any atom is 0.135 e. The van der Waals surface area contributed by atoms with Crippen molar-refractivity contribution < 1.29 is 34.0 Å². The number of hydrogen-bond donors (Lipinski definition) is 0. The molecule has 0 saturated carbocycles. The number of rotatable bonds is 5. The van der Waals surface area contributed by atoms with Crippen molar-refractivity contribution in [2.24, 2.45) is 0 Å². The summed E-state index contributed by atoms with van der Waals surface area (Å²) in [4.78, 5) is 7.06. The first kappa shape index (κ1) is 43.9. The van der Waals surface area contributed by atoms with Crippen LogP contribution >= 0.6 is 0 Å². The molecule has 0 N–H and O–H groups in total. The van der Waals surface area contributed by atoms with Crippen molar-refractivity contribution in [2.45, 2.75) is 105 Å². The van der Waals surface area contributed by atoms with Gasteiger partial charge in [-0.3, -0.25) is 0 Å². The Morgan fingerprint density at radius 3 is 1.83 bits per heavy atom. The average Bonchev–Trinajstić information content (AvgIpc) is 3.47. The molecule has 12 rings (SSSR count). The van der Waals surface area contributed by atoms with E-state index in [1.54, 1.807) is 12.1 Å². The summed E-state index contributed by atoms with van der Waals surface area (Å²) in [6.45, 7) is 17.4. The fourth-order valence-electron chi connectivity index (χ4n) is 11.1. The van der Waals surface area contributed by atoms with E-state index < -0.39 is 24.5 Å². The molecule has 1 aliphatic rings. The molecule has 3 aromatic heterocycles. The van der Waals surface area contributed by atoms with Crippen molar-refractivity contribution in [3.63, 3.8) is 0 Å². The molecule has 0 amide bonds. The molecule has 5 nitrogen and oxygen atoms in total. The maximum absolute atomic E-state index is 8.81. The van der Waals surface area contributed by atoms with Gasteiger partial charge in [-0.1, -0.05) is 203 Å². The van der Waals surface area contributed by atoms with Gasteiger partial charge in [0.05, 0.1) is 0 Å². The quantitative estimate of drug-likeness (QED) is 0.161. The molecular weight excluding hydrogens is 1110 g/mol. The summed E-state index contributed by atoms with van der Waals surface area (Å²) < 4.78 is 64.1. The second-order valence-electron chi connectivity index (χ2n) is 23.5. The number of nitrogens with zero attached hydrogens (tertiary/aromatic N) is 4. The van der Waals surface area contributed by atoms with E-state index in [0.29, 0.717) is 17.1 Å². The summed E-state index contributed by atoms with van der Waals surface area (Å²) in [7, 11) is 0. The van der Waals surface area contributed by atoms with Gasteiger partial charge in [0.1, 0.15) is 5.82 Å². The van der Waals surface area contributed by atoms with E-state index in [9.17, 15) is 0 Å². The van der Waals surface area contributed by atoms with Crippen molar-refractivity contribution in [1.29, 1.82) is 0 Å². The Hall–Kier alpha value is -7.33. The van der Waals surface area contributed by atoms with Gasteiger partial charge >= 0.3 is 0 Å². The van der Waals surface area contributed by atoms with Crippen LogP contribution in [0.2, 0.25) is 0 Å². The van der Waals surface area contributed by atoms with Gasteiger partial charge in [-0.15, -0.1) is 35.7 Å². The molecule has 1 aliphatic heterocycles. The van der Waals surface area contributed by atoms with Crippen LogP contribution < -0.4 is 9.64 Å². The van der Waals surface area contributed by atoms with Crippen LogP contribution in [0.1, 0.15) is 113 Å².